The molecule has 1 heterocycles. The molecule has 0 radical (unpaired) electrons. The van der Waals surface area contributed by atoms with Crippen molar-refractivity contribution in [1.82, 2.24) is 0 Å². The molecule has 14 heavy (non-hydrogen) atoms. The maximum Gasteiger partial charge on any atom is 0.177 e. The van der Waals surface area contributed by atoms with Crippen molar-refractivity contribution < 1.29 is 9.13 Å². The van der Waals surface area contributed by atoms with Gasteiger partial charge in [0.15, 0.2) is 5.13 Å². The van der Waals surface area contributed by atoms with Gasteiger partial charge in [-0.25, -0.2) is 0 Å². The number of benzene rings is 1. The van der Waals surface area contributed by atoms with E-state index in [0.29, 0.717) is 0 Å². The Morgan fingerprint density at radius 3 is 2.86 bits per heavy atom. The monoisotopic (exact) mass is 274 g/mol. The third-order valence-electron chi connectivity index (χ3n) is 1.99. The topological polar surface area (TPSA) is 9.23 Å². The van der Waals surface area contributed by atoms with Gasteiger partial charge in [0.2, 0.25) is 0 Å². The zero-order valence-corrected chi connectivity index (χ0v) is 9.91. The molecule has 0 N–H and O–H groups in total. The molecule has 0 aliphatic heterocycles. The van der Waals surface area contributed by atoms with Crippen LogP contribution in [0.1, 0.15) is 5.56 Å². The van der Waals surface area contributed by atoms with Crippen molar-refractivity contribution in [3.05, 3.63) is 28.9 Å². The molecule has 0 aliphatic rings. The smallest absolute Gasteiger partial charge is 0.177 e. The minimum absolute atomic E-state index is 0.176. The molecule has 0 amide bonds. The lowest BCUT2D eigenvalue weighted by Gasteiger charge is -2.03. The summed E-state index contributed by atoms with van der Waals surface area (Å²) in [6.07, 6.45) is 0. The second-order valence-electron chi connectivity index (χ2n) is 2.90. The predicted octanol–water partition coefficient (Wildman–Crippen LogP) is 3.94. The number of halogens is 2. The van der Waals surface area contributed by atoms with Crippen molar-refractivity contribution >= 4 is 37.4 Å². The van der Waals surface area contributed by atoms with Crippen LogP contribution in [0.2, 0.25) is 0 Å². The van der Waals surface area contributed by atoms with Crippen LogP contribution >= 0.6 is 27.3 Å². The molecule has 0 unspecified atom stereocenters. The Morgan fingerprint density at radius 2 is 2.21 bits per heavy atom. The minimum atomic E-state index is -0.176. The van der Waals surface area contributed by atoms with Crippen LogP contribution in [0, 0.1) is 5.13 Å². The van der Waals surface area contributed by atoms with Crippen LogP contribution in [0.3, 0.4) is 0 Å². The van der Waals surface area contributed by atoms with Gasteiger partial charge in [-0.2, -0.15) is 4.39 Å². The minimum Gasteiger partial charge on any atom is -0.495 e. The molecule has 0 bridgehead atoms. The highest BCUT2D eigenvalue weighted by Crippen LogP contribution is 2.34. The summed E-state index contributed by atoms with van der Waals surface area (Å²) in [4.78, 5) is 0. The van der Waals surface area contributed by atoms with Crippen molar-refractivity contribution in [2.24, 2.45) is 0 Å². The fourth-order valence-corrected chi connectivity index (χ4v) is 2.56. The van der Waals surface area contributed by atoms with Crippen molar-refractivity contribution in [3.63, 3.8) is 0 Å². The number of alkyl halides is 1. The Balaban J connectivity index is 2.72. The standard InChI is InChI=1S/C10H8BrFOS/c1-13-8-3-6(5-11)2-7-4-9(12)14-10(7)8/h2-4H,5H2,1H3. The highest BCUT2D eigenvalue weighted by molar-refractivity contribution is 9.08. The molecular formula is C10H8BrFOS. The number of ether oxygens (including phenoxy) is 1. The molecule has 1 nitrogen and oxygen atoms in total. The first-order valence-corrected chi connectivity index (χ1v) is 6.00. The summed E-state index contributed by atoms with van der Waals surface area (Å²) in [5.41, 5.74) is 1.09. The van der Waals surface area contributed by atoms with E-state index in [9.17, 15) is 4.39 Å². The molecule has 0 fully saturated rings. The fourth-order valence-electron chi connectivity index (χ4n) is 1.38. The van der Waals surface area contributed by atoms with E-state index in [2.05, 4.69) is 15.9 Å². The summed E-state index contributed by atoms with van der Waals surface area (Å²) >= 11 is 4.48. The van der Waals surface area contributed by atoms with E-state index in [4.69, 9.17) is 4.74 Å². The summed E-state index contributed by atoms with van der Waals surface area (Å²) in [7, 11) is 1.60. The van der Waals surface area contributed by atoms with Crippen LogP contribution in [-0.2, 0) is 5.33 Å². The molecule has 0 aliphatic carbocycles. The Bertz CT molecular complexity index is 466. The van der Waals surface area contributed by atoms with Crippen LogP contribution in [0.5, 0.6) is 5.75 Å². The Morgan fingerprint density at radius 1 is 1.43 bits per heavy atom. The molecule has 0 atom stereocenters. The van der Waals surface area contributed by atoms with Gasteiger partial charge in [0.25, 0.3) is 0 Å². The van der Waals surface area contributed by atoms with Crippen LogP contribution in [-0.4, -0.2) is 7.11 Å². The highest BCUT2D eigenvalue weighted by Gasteiger charge is 2.08. The summed E-state index contributed by atoms with van der Waals surface area (Å²) in [6, 6.07) is 5.42. The van der Waals surface area contributed by atoms with Crippen molar-refractivity contribution in [2.45, 2.75) is 5.33 Å². The summed E-state index contributed by atoms with van der Waals surface area (Å²) < 4.78 is 19.1. The highest BCUT2D eigenvalue weighted by atomic mass is 79.9. The quantitative estimate of drug-likeness (QED) is 0.754. The van der Waals surface area contributed by atoms with Crippen molar-refractivity contribution in [3.8, 4) is 5.75 Å². The van der Waals surface area contributed by atoms with E-state index < -0.39 is 0 Å². The van der Waals surface area contributed by atoms with Crippen LogP contribution in [0.4, 0.5) is 4.39 Å². The number of fused-ring (bicyclic) bond motifs is 1. The van der Waals surface area contributed by atoms with E-state index in [1.54, 1.807) is 7.11 Å². The van der Waals surface area contributed by atoms with E-state index >= 15 is 0 Å². The van der Waals surface area contributed by atoms with E-state index in [1.165, 1.54) is 6.07 Å². The SMILES string of the molecule is COc1cc(CBr)cc2cc(F)sc12. The van der Waals surface area contributed by atoms with Gasteiger partial charge >= 0.3 is 0 Å². The second-order valence-corrected chi connectivity index (χ2v) is 4.46. The van der Waals surface area contributed by atoms with Crippen LogP contribution in [0.25, 0.3) is 10.1 Å². The molecule has 0 saturated heterocycles. The van der Waals surface area contributed by atoms with Gasteiger partial charge < -0.3 is 4.74 Å². The van der Waals surface area contributed by atoms with Gasteiger partial charge in [0.1, 0.15) is 5.75 Å². The molecule has 0 saturated carbocycles. The van der Waals surface area contributed by atoms with E-state index in [1.807, 2.05) is 12.1 Å². The van der Waals surface area contributed by atoms with Gasteiger partial charge in [0.05, 0.1) is 11.8 Å². The van der Waals surface area contributed by atoms with Gasteiger partial charge in [0, 0.05) is 5.33 Å². The third-order valence-corrected chi connectivity index (χ3v) is 3.59. The summed E-state index contributed by atoms with van der Waals surface area (Å²) in [5.74, 6) is 0.742. The first-order chi connectivity index (χ1) is 6.74. The Hall–Kier alpha value is -0.610. The lowest BCUT2D eigenvalue weighted by molar-refractivity contribution is 0.420. The average molecular weight is 275 g/mol. The Kier molecular flexibility index (Phi) is 2.74. The fraction of sp³-hybridized carbons (Fsp3) is 0.200. The molecule has 2 aromatic rings. The van der Waals surface area contributed by atoms with Gasteiger partial charge in [-0.15, -0.1) is 11.3 Å². The number of methoxy groups -OCH3 is 1. The third kappa shape index (κ3) is 1.64. The molecule has 0 spiro atoms. The zero-order valence-electron chi connectivity index (χ0n) is 7.51. The first kappa shape index (κ1) is 9.93. The van der Waals surface area contributed by atoms with Gasteiger partial charge in [-0.3, -0.25) is 0 Å². The van der Waals surface area contributed by atoms with E-state index in [-0.39, 0.29) is 5.13 Å². The first-order valence-electron chi connectivity index (χ1n) is 4.06. The van der Waals surface area contributed by atoms with Crippen molar-refractivity contribution in [1.29, 1.82) is 0 Å². The van der Waals surface area contributed by atoms with Crippen LogP contribution in [0.15, 0.2) is 18.2 Å². The molecule has 1 aromatic heterocycles. The molecule has 74 valence electrons. The predicted molar refractivity (Wildman–Crippen MR) is 61.0 cm³/mol. The average Bonchev–Trinajstić information content (AvgIpc) is 2.56. The molecule has 1 aromatic carbocycles. The van der Waals surface area contributed by atoms with Crippen molar-refractivity contribution in [2.75, 3.05) is 7.11 Å². The number of rotatable bonds is 2. The van der Waals surface area contributed by atoms with Crippen LogP contribution < -0.4 is 4.74 Å². The zero-order chi connectivity index (χ0) is 10.1. The lowest BCUT2D eigenvalue weighted by atomic mass is 10.2. The number of hydrogen-bond donors (Lipinski definition) is 0. The number of hydrogen-bond acceptors (Lipinski definition) is 2. The lowest BCUT2D eigenvalue weighted by Crippen LogP contribution is -1.85. The maximum atomic E-state index is 13.0. The molecule has 2 rings (SSSR count). The number of thiophene rings is 1. The molecule has 4 heteroatoms. The van der Waals surface area contributed by atoms with Gasteiger partial charge in [-0.05, 0) is 29.1 Å². The summed E-state index contributed by atoms with van der Waals surface area (Å²) in [5, 5.41) is 1.47. The van der Waals surface area contributed by atoms with Gasteiger partial charge in [-0.1, -0.05) is 15.9 Å². The maximum absolute atomic E-state index is 13.0. The second kappa shape index (κ2) is 3.87. The normalized spacial score (nSPS) is 10.8. The van der Waals surface area contributed by atoms with E-state index in [0.717, 1.165) is 38.1 Å². The largest absolute Gasteiger partial charge is 0.495 e. The Labute approximate surface area is 93.6 Å². The molecular weight excluding hydrogens is 267 g/mol. The summed E-state index contributed by atoms with van der Waals surface area (Å²) in [6.45, 7) is 0.